The molecular formula is C26H30N4O7. The third-order valence-electron chi connectivity index (χ3n) is 5.04. The van der Waals surface area contributed by atoms with E-state index in [1.54, 1.807) is 30.3 Å². The quantitative estimate of drug-likeness (QED) is 0.147. The van der Waals surface area contributed by atoms with Crippen molar-refractivity contribution >= 4 is 35.1 Å². The van der Waals surface area contributed by atoms with Crippen LogP contribution in [-0.2, 0) is 19.2 Å². The summed E-state index contributed by atoms with van der Waals surface area (Å²) in [6.45, 7) is 7.95. The van der Waals surface area contributed by atoms with Crippen LogP contribution in [0.5, 0.6) is 5.75 Å². The summed E-state index contributed by atoms with van der Waals surface area (Å²) in [5, 5.41) is 15.9. The summed E-state index contributed by atoms with van der Waals surface area (Å²) in [5.41, 5.74) is 0.490. The number of nitro benzene ring substituents is 1. The second kappa shape index (κ2) is 13.5. The molecule has 1 atom stereocenters. The van der Waals surface area contributed by atoms with Crippen LogP contribution in [0.25, 0.3) is 0 Å². The van der Waals surface area contributed by atoms with Crippen molar-refractivity contribution in [1.29, 1.82) is 0 Å². The Bertz CT molecular complexity index is 1150. The van der Waals surface area contributed by atoms with Gasteiger partial charge in [0.25, 0.3) is 5.69 Å². The molecule has 0 aromatic heterocycles. The van der Waals surface area contributed by atoms with Gasteiger partial charge in [0.05, 0.1) is 11.5 Å². The topological polar surface area (TPSA) is 148 Å². The second-order valence-corrected chi connectivity index (χ2v) is 8.70. The van der Waals surface area contributed by atoms with Gasteiger partial charge in [-0.3, -0.25) is 29.4 Å². The van der Waals surface area contributed by atoms with E-state index < -0.39 is 41.2 Å². The number of non-ortho nitro benzene ring substituents is 1. The second-order valence-electron chi connectivity index (χ2n) is 8.70. The summed E-state index contributed by atoms with van der Waals surface area (Å²) in [4.78, 5) is 62.0. The molecule has 2 rings (SSSR count). The molecule has 2 aromatic carbocycles. The Balaban J connectivity index is 2.21. The number of ether oxygens (including phenoxy) is 1. The fraction of sp³-hybridized carbons (Fsp3) is 0.308. The van der Waals surface area contributed by atoms with Gasteiger partial charge in [0.2, 0.25) is 17.7 Å². The lowest BCUT2D eigenvalue weighted by molar-refractivity contribution is -0.384. The Morgan fingerprint density at radius 1 is 1.05 bits per heavy atom. The Morgan fingerprint density at radius 2 is 1.68 bits per heavy atom. The molecule has 0 bridgehead atoms. The number of hydrogen-bond acceptors (Lipinski definition) is 7. The van der Waals surface area contributed by atoms with Gasteiger partial charge in [0, 0.05) is 23.4 Å². The monoisotopic (exact) mass is 510 g/mol. The smallest absolute Gasteiger partial charge is 0.331 e. The highest BCUT2D eigenvalue weighted by molar-refractivity contribution is 6.03. The molecule has 0 aliphatic carbocycles. The Hall–Kier alpha value is -4.54. The van der Waals surface area contributed by atoms with Crippen molar-refractivity contribution in [1.82, 2.24) is 10.6 Å². The van der Waals surface area contributed by atoms with Gasteiger partial charge in [0.15, 0.2) is 0 Å². The molecule has 0 spiro atoms. The van der Waals surface area contributed by atoms with Crippen LogP contribution < -0.4 is 20.3 Å². The van der Waals surface area contributed by atoms with Crippen molar-refractivity contribution < 1.29 is 28.8 Å². The lowest BCUT2D eigenvalue weighted by Gasteiger charge is -2.28. The SMILES string of the molecule is C=C(C)C(=O)NCC(=O)N[C@@H](CC(C)C)C(=O)N(CC(=O)Oc1ccc([N+](=O)[O-])cc1)c1ccccc1. The van der Waals surface area contributed by atoms with Gasteiger partial charge in [-0.05, 0) is 43.5 Å². The molecule has 0 aliphatic heterocycles. The predicted molar refractivity (Wildman–Crippen MR) is 137 cm³/mol. The Kier molecular flexibility index (Phi) is 10.5. The van der Waals surface area contributed by atoms with E-state index in [0.29, 0.717) is 5.69 Å². The summed E-state index contributed by atoms with van der Waals surface area (Å²) in [6, 6.07) is 12.4. The van der Waals surface area contributed by atoms with Gasteiger partial charge >= 0.3 is 5.97 Å². The van der Waals surface area contributed by atoms with E-state index in [2.05, 4.69) is 17.2 Å². The number of para-hydroxylation sites is 1. The molecule has 0 heterocycles. The minimum atomic E-state index is -0.985. The van der Waals surface area contributed by atoms with Crippen LogP contribution >= 0.6 is 0 Å². The maximum absolute atomic E-state index is 13.6. The summed E-state index contributed by atoms with van der Waals surface area (Å²) in [7, 11) is 0. The largest absolute Gasteiger partial charge is 0.425 e. The molecule has 0 fully saturated rings. The van der Waals surface area contributed by atoms with E-state index in [0.717, 1.165) is 0 Å². The van der Waals surface area contributed by atoms with Crippen LogP contribution in [0.4, 0.5) is 11.4 Å². The molecule has 11 heteroatoms. The third kappa shape index (κ3) is 9.21. The highest BCUT2D eigenvalue weighted by atomic mass is 16.6. The van der Waals surface area contributed by atoms with Crippen LogP contribution in [-0.4, -0.2) is 47.7 Å². The predicted octanol–water partition coefficient (Wildman–Crippen LogP) is 2.76. The summed E-state index contributed by atoms with van der Waals surface area (Å²) >= 11 is 0. The molecule has 2 aromatic rings. The Morgan fingerprint density at radius 3 is 2.22 bits per heavy atom. The number of benzene rings is 2. The molecule has 2 N–H and O–H groups in total. The first-order valence-corrected chi connectivity index (χ1v) is 11.5. The first-order chi connectivity index (χ1) is 17.5. The highest BCUT2D eigenvalue weighted by Gasteiger charge is 2.30. The van der Waals surface area contributed by atoms with Gasteiger partial charge in [-0.15, -0.1) is 0 Å². The summed E-state index contributed by atoms with van der Waals surface area (Å²) in [6.07, 6.45) is 0.278. The van der Waals surface area contributed by atoms with Crippen LogP contribution in [0.1, 0.15) is 27.2 Å². The van der Waals surface area contributed by atoms with Gasteiger partial charge < -0.3 is 15.4 Å². The van der Waals surface area contributed by atoms with Crippen molar-refractivity contribution in [2.45, 2.75) is 33.2 Å². The van der Waals surface area contributed by atoms with Crippen molar-refractivity contribution in [2.75, 3.05) is 18.0 Å². The van der Waals surface area contributed by atoms with E-state index in [1.165, 1.54) is 36.1 Å². The van der Waals surface area contributed by atoms with E-state index in [1.807, 2.05) is 13.8 Å². The van der Waals surface area contributed by atoms with Gasteiger partial charge in [-0.2, -0.15) is 0 Å². The molecule has 11 nitrogen and oxygen atoms in total. The standard InChI is InChI=1S/C26H30N4O7/c1-17(2)14-22(28-23(31)15-27-25(33)18(3)4)26(34)29(19-8-6-5-7-9-19)16-24(32)37-21-12-10-20(11-13-21)30(35)36/h5-13,17,22H,3,14-16H2,1-2,4H3,(H,27,33)(H,28,31)/t22-/m0/s1. The van der Waals surface area contributed by atoms with Crippen LogP contribution in [0.3, 0.4) is 0 Å². The number of carbonyl (C=O) groups is 4. The van der Waals surface area contributed by atoms with Crippen molar-refractivity contribution in [3.63, 3.8) is 0 Å². The van der Waals surface area contributed by atoms with Gasteiger partial charge in [-0.1, -0.05) is 38.6 Å². The molecule has 37 heavy (non-hydrogen) atoms. The molecule has 0 radical (unpaired) electrons. The molecule has 0 saturated carbocycles. The summed E-state index contributed by atoms with van der Waals surface area (Å²) < 4.78 is 5.28. The normalized spacial score (nSPS) is 11.2. The highest BCUT2D eigenvalue weighted by Crippen LogP contribution is 2.20. The number of nitrogens with zero attached hydrogens (tertiary/aromatic N) is 2. The maximum atomic E-state index is 13.6. The molecule has 196 valence electrons. The zero-order chi connectivity index (χ0) is 27.5. The number of nitrogens with one attached hydrogen (secondary N) is 2. The first kappa shape index (κ1) is 28.7. The minimum absolute atomic E-state index is 0.0175. The van der Waals surface area contributed by atoms with E-state index in [-0.39, 0.29) is 35.9 Å². The van der Waals surface area contributed by atoms with Crippen molar-refractivity contribution in [3.8, 4) is 5.75 Å². The number of rotatable bonds is 12. The number of carbonyl (C=O) groups excluding carboxylic acids is 4. The lowest BCUT2D eigenvalue weighted by atomic mass is 10.0. The average Bonchev–Trinajstić information content (AvgIpc) is 2.85. The number of amides is 3. The lowest BCUT2D eigenvalue weighted by Crippen LogP contribution is -2.52. The molecular weight excluding hydrogens is 480 g/mol. The molecule has 0 saturated heterocycles. The maximum Gasteiger partial charge on any atom is 0.331 e. The fourth-order valence-corrected chi connectivity index (χ4v) is 3.27. The minimum Gasteiger partial charge on any atom is -0.425 e. The summed E-state index contributed by atoms with van der Waals surface area (Å²) in [5.74, 6) is -2.29. The first-order valence-electron chi connectivity index (χ1n) is 11.5. The Labute approximate surface area is 214 Å². The molecule has 3 amide bonds. The van der Waals surface area contributed by atoms with E-state index in [9.17, 15) is 29.3 Å². The van der Waals surface area contributed by atoms with Gasteiger partial charge in [-0.25, -0.2) is 4.79 Å². The number of nitro groups is 1. The van der Waals surface area contributed by atoms with Crippen LogP contribution in [0, 0.1) is 16.0 Å². The number of esters is 1. The third-order valence-corrected chi connectivity index (χ3v) is 5.04. The van der Waals surface area contributed by atoms with Crippen LogP contribution in [0.2, 0.25) is 0 Å². The van der Waals surface area contributed by atoms with E-state index in [4.69, 9.17) is 4.74 Å². The molecule has 0 aliphatic rings. The van der Waals surface area contributed by atoms with Crippen molar-refractivity contribution in [2.24, 2.45) is 5.92 Å². The number of hydrogen-bond donors (Lipinski definition) is 2. The fourth-order valence-electron chi connectivity index (χ4n) is 3.27. The molecule has 0 unspecified atom stereocenters. The van der Waals surface area contributed by atoms with Crippen molar-refractivity contribution in [3.05, 3.63) is 76.9 Å². The number of anilines is 1. The zero-order valence-corrected chi connectivity index (χ0v) is 20.9. The zero-order valence-electron chi connectivity index (χ0n) is 20.9. The average molecular weight is 511 g/mol. The van der Waals surface area contributed by atoms with Gasteiger partial charge in [0.1, 0.15) is 18.3 Å². The van der Waals surface area contributed by atoms with E-state index >= 15 is 0 Å². The van der Waals surface area contributed by atoms with Crippen LogP contribution in [0.15, 0.2) is 66.7 Å².